The molecular formula is C16H19N7. The molecule has 0 saturated carbocycles. The van der Waals surface area contributed by atoms with Gasteiger partial charge in [-0.1, -0.05) is 0 Å². The maximum atomic E-state index is 8.83. The van der Waals surface area contributed by atoms with Gasteiger partial charge in [0.15, 0.2) is 0 Å². The maximum Gasteiger partial charge on any atom is 0.224 e. The number of aromatic nitrogens is 3. The molecule has 0 radical (unpaired) electrons. The smallest absolute Gasteiger partial charge is 0.224 e. The molecular weight excluding hydrogens is 290 g/mol. The lowest BCUT2D eigenvalue weighted by atomic mass is 10.2. The van der Waals surface area contributed by atoms with Crippen LogP contribution in [0.25, 0.3) is 0 Å². The molecule has 0 spiro atoms. The fraction of sp³-hybridized carbons (Fsp3) is 0.375. The van der Waals surface area contributed by atoms with Gasteiger partial charge in [0.2, 0.25) is 5.95 Å². The summed E-state index contributed by atoms with van der Waals surface area (Å²) in [4.78, 5) is 17.6. The molecule has 7 nitrogen and oxygen atoms in total. The molecule has 0 aromatic carbocycles. The van der Waals surface area contributed by atoms with Gasteiger partial charge in [0, 0.05) is 45.1 Å². The molecule has 1 saturated heterocycles. The van der Waals surface area contributed by atoms with Gasteiger partial charge in [-0.05, 0) is 25.1 Å². The van der Waals surface area contributed by atoms with Crippen LogP contribution in [0.2, 0.25) is 0 Å². The predicted octanol–water partition coefficient (Wildman–Crippen LogP) is 1.50. The normalized spacial score (nSPS) is 14.4. The summed E-state index contributed by atoms with van der Waals surface area (Å²) in [5, 5.41) is 12.0. The minimum absolute atomic E-state index is 0.587. The average molecular weight is 309 g/mol. The van der Waals surface area contributed by atoms with E-state index in [1.807, 2.05) is 25.1 Å². The maximum absolute atomic E-state index is 8.83. The molecule has 118 valence electrons. The van der Waals surface area contributed by atoms with Gasteiger partial charge in [0.25, 0.3) is 0 Å². The predicted molar refractivity (Wildman–Crippen MR) is 89.6 cm³/mol. The summed E-state index contributed by atoms with van der Waals surface area (Å²) in [6, 6.07) is 7.75. The minimum Gasteiger partial charge on any atom is -0.354 e. The molecule has 0 amide bonds. The Morgan fingerprint density at radius 3 is 2.43 bits per heavy atom. The van der Waals surface area contributed by atoms with E-state index < -0.39 is 0 Å². The first-order valence-electron chi connectivity index (χ1n) is 7.73. The van der Waals surface area contributed by atoms with Crippen molar-refractivity contribution in [3.63, 3.8) is 0 Å². The Labute approximate surface area is 135 Å². The highest BCUT2D eigenvalue weighted by Crippen LogP contribution is 2.18. The summed E-state index contributed by atoms with van der Waals surface area (Å²) < 4.78 is 0. The summed E-state index contributed by atoms with van der Waals surface area (Å²) in [6.07, 6.45) is 3.41. The molecule has 3 rings (SSSR count). The van der Waals surface area contributed by atoms with Gasteiger partial charge in [-0.15, -0.1) is 0 Å². The molecule has 2 aromatic rings. The van der Waals surface area contributed by atoms with Gasteiger partial charge in [0.1, 0.15) is 17.7 Å². The molecule has 0 atom stereocenters. The van der Waals surface area contributed by atoms with Crippen LogP contribution in [-0.2, 0) is 0 Å². The summed E-state index contributed by atoms with van der Waals surface area (Å²) in [7, 11) is 0. The van der Waals surface area contributed by atoms with E-state index >= 15 is 0 Å². The third-order valence-corrected chi connectivity index (χ3v) is 3.78. The molecule has 0 bridgehead atoms. The van der Waals surface area contributed by atoms with Crippen molar-refractivity contribution in [2.24, 2.45) is 0 Å². The number of nitriles is 1. The second kappa shape index (κ2) is 6.92. The Kier molecular flexibility index (Phi) is 4.52. The zero-order valence-electron chi connectivity index (χ0n) is 13.1. The molecule has 2 aromatic heterocycles. The van der Waals surface area contributed by atoms with E-state index in [1.54, 1.807) is 12.4 Å². The standard InChI is InChI=1S/C16H19N7/c1-2-18-16-19-6-5-15(21-16)23-9-7-22(8-10-23)14-4-3-13(11-17)12-20-14/h3-6,12H,2,7-10H2,1H3,(H,18,19,21). The molecule has 1 N–H and O–H groups in total. The Morgan fingerprint density at radius 1 is 1.09 bits per heavy atom. The van der Waals surface area contributed by atoms with E-state index in [2.05, 4.69) is 36.1 Å². The van der Waals surface area contributed by atoms with Gasteiger partial charge in [-0.25, -0.2) is 9.97 Å². The molecule has 1 aliphatic heterocycles. The second-order valence-electron chi connectivity index (χ2n) is 5.26. The van der Waals surface area contributed by atoms with E-state index in [0.717, 1.165) is 44.4 Å². The summed E-state index contributed by atoms with van der Waals surface area (Å²) in [5.41, 5.74) is 0.587. The molecule has 1 fully saturated rings. The van der Waals surface area contributed by atoms with Crippen LogP contribution < -0.4 is 15.1 Å². The van der Waals surface area contributed by atoms with E-state index in [-0.39, 0.29) is 0 Å². The van der Waals surface area contributed by atoms with Crippen LogP contribution in [0.4, 0.5) is 17.6 Å². The first-order chi connectivity index (χ1) is 11.3. The number of hydrogen-bond donors (Lipinski definition) is 1. The Bertz CT molecular complexity index is 684. The number of pyridine rings is 1. The van der Waals surface area contributed by atoms with Gasteiger partial charge in [-0.3, -0.25) is 0 Å². The Balaban J connectivity index is 1.63. The summed E-state index contributed by atoms with van der Waals surface area (Å²) in [6.45, 7) is 6.34. The third kappa shape index (κ3) is 3.48. The lowest BCUT2D eigenvalue weighted by Crippen LogP contribution is -2.47. The van der Waals surface area contributed by atoms with Crippen molar-refractivity contribution in [3.05, 3.63) is 36.2 Å². The highest BCUT2D eigenvalue weighted by atomic mass is 15.3. The second-order valence-corrected chi connectivity index (χ2v) is 5.26. The molecule has 1 aliphatic rings. The SMILES string of the molecule is CCNc1nccc(N2CCN(c3ccc(C#N)cn3)CC2)n1. The fourth-order valence-electron chi connectivity index (χ4n) is 2.57. The first-order valence-corrected chi connectivity index (χ1v) is 7.73. The van der Waals surface area contributed by atoms with Crippen LogP contribution in [0.15, 0.2) is 30.6 Å². The zero-order valence-corrected chi connectivity index (χ0v) is 13.1. The van der Waals surface area contributed by atoms with Crippen molar-refractivity contribution >= 4 is 17.6 Å². The van der Waals surface area contributed by atoms with Crippen molar-refractivity contribution in [2.45, 2.75) is 6.92 Å². The van der Waals surface area contributed by atoms with Crippen LogP contribution in [-0.4, -0.2) is 47.7 Å². The van der Waals surface area contributed by atoms with Crippen LogP contribution >= 0.6 is 0 Å². The lowest BCUT2D eigenvalue weighted by molar-refractivity contribution is 0.641. The minimum atomic E-state index is 0.587. The molecule has 23 heavy (non-hydrogen) atoms. The number of nitrogens with zero attached hydrogens (tertiary/aromatic N) is 6. The Hall–Kier alpha value is -2.88. The van der Waals surface area contributed by atoms with Crippen LogP contribution in [0.1, 0.15) is 12.5 Å². The van der Waals surface area contributed by atoms with Crippen molar-refractivity contribution in [1.29, 1.82) is 5.26 Å². The van der Waals surface area contributed by atoms with Gasteiger partial charge in [-0.2, -0.15) is 10.2 Å². The number of anilines is 3. The van der Waals surface area contributed by atoms with Crippen molar-refractivity contribution in [3.8, 4) is 6.07 Å². The van der Waals surface area contributed by atoms with Crippen LogP contribution in [0, 0.1) is 11.3 Å². The zero-order chi connectivity index (χ0) is 16.1. The van der Waals surface area contributed by atoms with Crippen LogP contribution in [0.5, 0.6) is 0 Å². The Morgan fingerprint density at radius 2 is 1.83 bits per heavy atom. The topological polar surface area (TPSA) is 81.0 Å². The fourth-order valence-corrected chi connectivity index (χ4v) is 2.57. The molecule has 0 unspecified atom stereocenters. The van der Waals surface area contributed by atoms with Crippen molar-refractivity contribution < 1.29 is 0 Å². The van der Waals surface area contributed by atoms with Crippen molar-refractivity contribution in [2.75, 3.05) is 47.8 Å². The van der Waals surface area contributed by atoms with Gasteiger partial charge in [0.05, 0.1) is 5.56 Å². The average Bonchev–Trinajstić information content (AvgIpc) is 2.62. The lowest BCUT2D eigenvalue weighted by Gasteiger charge is -2.36. The van der Waals surface area contributed by atoms with Crippen molar-refractivity contribution in [1.82, 2.24) is 15.0 Å². The largest absolute Gasteiger partial charge is 0.354 e. The first kappa shape index (κ1) is 15.0. The number of nitrogens with one attached hydrogen (secondary N) is 1. The molecule has 0 aliphatic carbocycles. The van der Waals surface area contributed by atoms with Gasteiger partial charge < -0.3 is 15.1 Å². The highest BCUT2D eigenvalue weighted by molar-refractivity contribution is 5.47. The highest BCUT2D eigenvalue weighted by Gasteiger charge is 2.19. The van der Waals surface area contributed by atoms with E-state index in [1.165, 1.54) is 0 Å². The van der Waals surface area contributed by atoms with E-state index in [9.17, 15) is 0 Å². The third-order valence-electron chi connectivity index (χ3n) is 3.78. The summed E-state index contributed by atoms with van der Waals surface area (Å²) >= 11 is 0. The number of hydrogen-bond acceptors (Lipinski definition) is 7. The number of rotatable bonds is 4. The van der Waals surface area contributed by atoms with E-state index in [4.69, 9.17) is 5.26 Å². The number of piperazine rings is 1. The molecule has 3 heterocycles. The van der Waals surface area contributed by atoms with Crippen LogP contribution in [0.3, 0.4) is 0 Å². The van der Waals surface area contributed by atoms with E-state index in [0.29, 0.717) is 11.5 Å². The quantitative estimate of drug-likeness (QED) is 0.916. The van der Waals surface area contributed by atoms with Gasteiger partial charge >= 0.3 is 0 Å². The molecule has 7 heteroatoms. The summed E-state index contributed by atoms with van der Waals surface area (Å²) in [5.74, 6) is 2.53. The monoisotopic (exact) mass is 309 g/mol.